The third-order valence-electron chi connectivity index (χ3n) is 1.76. The van der Waals surface area contributed by atoms with E-state index in [1.54, 1.807) is 0 Å². The molecule has 0 atom stereocenters. The first-order chi connectivity index (χ1) is 7.16. The topological polar surface area (TPSA) is 72.7 Å². The van der Waals surface area contributed by atoms with Crippen molar-refractivity contribution in [3.8, 4) is 0 Å². The second-order valence-electron chi connectivity index (χ2n) is 3.22. The number of hydrogen-bond donors (Lipinski definition) is 1. The Balaban J connectivity index is 0. The molecule has 4 nitrogen and oxygen atoms in total. The number of allylic oxidation sites excluding steroid dienone is 2. The van der Waals surface area contributed by atoms with Gasteiger partial charge >= 0.3 is 57.4 Å². The Morgan fingerprint density at radius 2 is 1.94 bits per heavy atom. The molecule has 0 unspecified atom stereocenters. The molecule has 0 radical (unpaired) electrons. The van der Waals surface area contributed by atoms with Crippen LogP contribution in [-0.4, -0.2) is 23.5 Å². The van der Waals surface area contributed by atoms with Gasteiger partial charge in [-0.2, -0.15) is 0 Å². The van der Waals surface area contributed by atoms with Crippen LogP contribution in [0.15, 0.2) is 17.1 Å². The maximum Gasteiger partial charge on any atom is 1.00 e. The van der Waals surface area contributed by atoms with E-state index in [0.29, 0.717) is 12.8 Å². The average Bonchev–Trinajstić information content (AvgIpc) is 2.17. The van der Waals surface area contributed by atoms with Crippen molar-refractivity contribution in [2.24, 2.45) is 4.99 Å². The first-order valence-corrected chi connectivity index (χ1v) is 5.24. The fourth-order valence-corrected chi connectivity index (χ4v) is 0.964. The van der Waals surface area contributed by atoms with Crippen LogP contribution in [0.25, 0.3) is 0 Å². The van der Waals surface area contributed by atoms with E-state index in [4.69, 9.17) is 5.11 Å². The average molecular weight is 251 g/mol. The van der Waals surface area contributed by atoms with Crippen molar-refractivity contribution in [1.82, 2.24) is 0 Å². The van der Waals surface area contributed by atoms with Crippen LogP contribution in [-0.2, 0) is 4.79 Å². The van der Waals surface area contributed by atoms with Gasteiger partial charge in [0.1, 0.15) is 0 Å². The number of unbranched alkanes of at least 4 members (excludes halogenated alkanes) is 1. The van der Waals surface area contributed by atoms with E-state index in [1.807, 2.05) is 12.2 Å². The van der Waals surface area contributed by atoms with Gasteiger partial charge in [-0.25, -0.2) is 0 Å². The van der Waals surface area contributed by atoms with Gasteiger partial charge in [-0.3, -0.25) is 4.79 Å². The zero-order valence-corrected chi connectivity index (χ0v) is 13.2. The van der Waals surface area contributed by atoms with E-state index in [1.165, 1.54) is 0 Å². The molecule has 0 aromatic rings. The molecule has 0 rings (SSSR count). The molecule has 0 heterocycles. The van der Waals surface area contributed by atoms with Crippen molar-refractivity contribution in [3.63, 3.8) is 0 Å². The summed E-state index contributed by atoms with van der Waals surface area (Å²) in [5, 5.41) is 19.4. The second kappa shape index (κ2) is 13.4. The molecule has 16 heavy (non-hydrogen) atoms. The molecule has 0 aliphatic heterocycles. The summed E-state index contributed by atoms with van der Waals surface area (Å²) in [5.74, 6) is -1.13. The van der Waals surface area contributed by atoms with E-state index in [-0.39, 0.29) is 70.2 Å². The van der Waals surface area contributed by atoms with E-state index in [9.17, 15) is 9.90 Å². The monoisotopic (exact) mass is 251 g/mol. The number of carboxylic acids is 1. The Kier molecular flexibility index (Phi) is 15.6. The minimum absolute atomic E-state index is 0. The van der Waals surface area contributed by atoms with Gasteiger partial charge in [-0.05, 0) is 25.2 Å². The van der Waals surface area contributed by atoms with Gasteiger partial charge in [-0.1, -0.05) is 25.5 Å². The van der Waals surface area contributed by atoms with E-state index in [0.717, 1.165) is 12.8 Å². The summed E-state index contributed by atoms with van der Waals surface area (Å²) < 4.78 is 0. The van der Waals surface area contributed by atoms with Crippen LogP contribution in [0.2, 0.25) is 0 Å². The summed E-state index contributed by atoms with van der Waals surface area (Å²) >= 11 is 0. The molecule has 0 fully saturated rings. The molecule has 0 saturated heterocycles. The number of hydrogen-bond acceptors (Lipinski definition) is 3. The summed E-state index contributed by atoms with van der Waals surface area (Å²) in [4.78, 5) is 13.8. The molecule has 0 aromatic carbocycles. The molecule has 0 aromatic heterocycles. The third kappa shape index (κ3) is 14.3. The summed E-state index contributed by atoms with van der Waals surface area (Å²) in [6, 6.07) is 0. The number of rotatable bonds is 8. The van der Waals surface area contributed by atoms with E-state index in [2.05, 4.69) is 11.9 Å². The Labute approximate surface area is 139 Å². The molecule has 5 heteroatoms. The van der Waals surface area contributed by atoms with Crippen molar-refractivity contribution in [2.75, 3.05) is 6.54 Å². The molecule has 0 aliphatic rings. The maximum atomic E-state index is 11.1. The van der Waals surface area contributed by atoms with Gasteiger partial charge in [0, 0.05) is 6.54 Å². The van der Waals surface area contributed by atoms with Gasteiger partial charge in [-0.15, -0.1) is 0 Å². The minimum atomic E-state index is -0.922. The van der Waals surface area contributed by atoms with Crippen LogP contribution in [0.1, 0.15) is 39.0 Å². The number of carbonyl (C=O) groups is 1. The number of nitrogens with zero attached hydrogens (tertiary/aromatic N) is 1. The number of carboxylic acid groups (broad SMARTS) is 1. The van der Waals surface area contributed by atoms with Gasteiger partial charge in [0.05, 0.1) is 6.42 Å². The fourth-order valence-electron chi connectivity index (χ4n) is 0.964. The molecule has 0 saturated carbocycles. The van der Waals surface area contributed by atoms with Crippen LogP contribution in [0.3, 0.4) is 0 Å². The second-order valence-corrected chi connectivity index (χ2v) is 3.22. The van der Waals surface area contributed by atoms with Gasteiger partial charge in [0.25, 0.3) is 0 Å². The molecular formula is C11H18KNO3. The smallest absolute Gasteiger partial charge is 0.862 e. The first-order valence-electron chi connectivity index (χ1n) is 5.24. The molecular weight excluding hydrogens is 233 g/mol. The summed E-state index contributed by atoms with van der Waals surface area (Å²) in [6.45, 7) is 2.18. The summed E-state index contributed by atoms with van der Waals surface area (Å²) in [5.41, 5.74) is 0. The number of aliphatic imine (C=N–C) groups is 1. The molecule has 0 bridgehead atoms. The Morgan fingerprint density at radius 3 is 2.50 bits per heavy atom. The predicted octanol–water partition coefficient (Wildman–Crippen LogP) is -1.64. The summed E-state index contributed by atoms with van der Waals surface area (Å²) in [6.07, 6.45) is 7.14. The largest absolute Gasteiger partial charge is 1.00 e. The third-order valence-corrected chi connectivity index (χ3v) is 1.76. The number of aliphatic carboxylic acids is 1. The van der Waals surface area contributed by atoms with Crippen molar-refractivity contribution in [3.05, 3.63) is 12.2 Å². The zero-order valence-electron chi connectivity index (χ0n) is 10.1. The Hall–Kier alpha value is 0.316. The molecule has 0 aliphatic carbocycles. The zero-order chi connectivity index (χ0) is 11.5. The van der Waals surface area contributed by atoms with Crippen LogP contribution >= 0.6 is 0 Å². The summed E-state index contributed by atoms with van der Waals surface area (Å²) in [7, 11) is 0. The first kappa shape index (κ1) is 18.7. The fraction of sp³-hybridized carbons (Fsp3) is 0.636. The molecule has 0 amide bonds. The maximum absolute atomic E-state index is 11.1. The van der Waals surface area contributed by atoms with Crippen molar-refractivity contribution < 1.29 is 66.4 Å². The molecule has 1 N–H and O–H groups in total. The van der Waals surface area contributed by atoms with Crippen molar-refractivity contribution in [1.29, 1.82) is 0 Å². The Morgan fingerprint density at radius 1 is 1.31 bits per heavy atom. The van der Waals surface area contributed by atoms with Gasteiger partial charge in [0.2, 0.25) is 0 Å². The quantitative estimate of drug-likeness (QED) is 0.243. The standard InChI is InChI=1S/C11H19NO3.K/c1-2-3-4-5-6-7-10(13)12-9-8-11(14)15;/h4-5H,2-3,6-9H2,1H3,(H,12,13)(H,14,15);/q;+1/p-1/b5-4+;. The van der Waals surface area contributed by atoms with E-state index < -0.39 is 5.97 Å². The molecule has 0 spiro atoms. The molecule has 86 valence electrons. The SMILES string of the molecule is CCC/C=C/CCC([O-])=NCCC(=O)O.[K+]. The van der Waals surface area contributed by atoms with Crippen LogP contribution in [0.5, 0.6) is 0 Å². The van der Waals surface area contributed by atoms with E-state index >= 15 is 0 Å². The van der Waals surface area contributed by atoms with Crippen molar-refractivity contribution >= 4 is 11.9 Å². The minimum Gasteiger partial charge on any atom is -0.862 e. The van der Waals surface area contributed by atoms with Gasteiger partial charge < -0.3 is 15.2 Å². The van der Waals surface area contributed by atoms with Crippen LogP contribution in [0.4, 0.5) is 0 Å². The Bertz CT molecular complexity index is 239. The van der Waals surface area contributed by atoms with Crippen molar-refractivity contribution in [2.45, 2.75) is 39.0 Å². The normalized spacial score (nSPS) is 11.4. The predicted molar refractivity (Wildman–Crippen MR) is 57.8 cm³/mol. The van der Waals surface area contributed by atoms with Gasteiger partial charge in [0.15, 0.2) is 0 Å². The van der Waals surface area contributed by atoms with Crippen LogP contribution < -0.4 is 56.5 Å². The van der Waals surface area contributed by atoms with Crippen LogP contribution in [0, 0.1) is 0 Å².